The molecule has 1 unspecified atom stereocenters. The first-order chi connectivity index (χ1) is 13.5. The molecule has 5 nitrogen and oxygen atoms in total. The fourth-order valence-electron chi connectivity index (χ4n) is 3.16. The normalized spacial score (nSPS) is 11.7. The third-order valence-electron chi connectivity index (χ3n) is 4.88. The number of nitrogens with zero attached hydrogens (tertiary/aromatic N) is 3. The number of rotatable bonds is 6. The van der Waals surface area contributed by atoms with Gasteiger partial charge in [-0.1, -0.05) is 48.5 Å². The Morgan fingerprint density at radius 2 is 1.79 bits per heavy atom. The molecule has 0 aliphatic carbocycles. The number of aryl methyl sites for hydroxylation is 1. The van der Waals surface area contributed by atoms with Crippen LogP contribution in [0.5, 0.6) is 5.75 Å². The Labute approximate surface area is 166 Å². The van der Waals surface area contributed by atoms with Crippen LogP contribution in [0.25, 0.3) is 11.3 Å². The van der Waals surface area contributed by atoms with Crippen LogP contribution in [0.15, 0.2) is 60.8 Å². The van der Waals surface area contributed by atoms with Crippen molar-refractivity contribution >= 4 is 5.91 Å². The van der Waals surface area contributed by atoms with Crippen molar-refractivity contribution in [3.63, 3.8) is 0 Å². The van der Waals surface area contributed by atoms with Crippen LogP contribution in [-0.4, -0.2) is 41.0 Å². The van der Waals surface area contributed by atoms with Gasteiger partial charge in [-0.15, -0.1) is 0 Å². The summed E-state index contributed by atoms with van der Waals surface area (Å²) in [5.74, 6) is 1.38. The number of carbonyl (C=O) groups is 1. The zero-order valence-electron chi connectivity index (χ0n) is 16.7. The van der Waals surface area contributed by atoms with Crippen molar-refractivity contribution in [2.24, 2.45) is 0 Å². The SMILES string of the molecule is COc1ccccc1CC(C)N(C)C(=O)c1cnc(C)nc1-c1ccccc1. The molecule has 0 aliphatic heterocycles. The van der Waals surface area contributed by atoms with Crippen LogP contribution in [0.4, 0.5) is 0 Å². The number of methoxy groups -OCH3 is 1. The first kappa shape index (κ1) is 19.5. The summed E-state index contributed by atoms with van der Waals surface area (Å²) in [6, 6.07) is 17.6. The fraction of sp³-hybridized carbons (Fsp3) is 0.261. The van der Waals surface area contributed by atoms with Crippen molar-refractivity contribution < 1.29 is 9.53 Å². The van der Waals surface area contributed by atoms with Crippen molar-refractivity contribution in [3.05, 3.63) is 77.7 Å². The predicted octanol–water partition coefficient (Wildman–Crippen LogP) is 4.16. The molecule has 0 aliphatic rings. The number of benzene rings is 2. The van der Waals surface area contributed by atoms with Gasteiger partial charge in [-0.25, -0.2) is 9.97 Å². The van der Waals surface area contributed by atoms with Gasteiger partial charge in [0, 0.05) is 24.8 Å². The number of aromatic nitrogens is 2. The van der Waals surface area contributed by atoms with E-state index >= 15 is 0 Å². The van der Waals surface area contributed by atoms with Gasteiger partial charge in [-0.3, -0.25) is 4.79 Å². The highest BCUT2D eigenvalue weighted by atomic mass is 16.5. The van der Waals surface area contributed by atoms with E-state index in [-0.39, 0.29) is 11.9 Å². The van der Waals surface area contributed by atoms with E-state index in [1.807, 2.05) is 75.5 Å². The number of likely N-dealkylation sites (N-methyl/N-ethyl adjacent to an activating group) is 1. The highest BCUT2D eigenvalue weighted by molar-refractivity contribution is 5.99. The maximum Gasteiger partial charge on any atom is 0.257 e. The predicted molar refractivity (Wildman–Crippen MR) is 110 cm³/mol. The van der Waals surface area contributed by atoms with Crippen molar-refractivity contribution in [3.8, 4) is 17.0 Å². The number of amides is 1. The molecular formula is C23H25N3O2. The number of hydrogen-bond donors (Lipinski definition) is 0. The van der Waals surface area contributed by atoms with Gasteiger partial charge in [0.05, 0.1) is 18.4 Å². The molecule has 1 atom stereocenters. The minimum atomic E-state index is -0.0961. The van der Waals surface area contributed by atoms with Gasteiger partial charge in [0.15, 0.2) is 0 Å². The molecule has 3 rings (SSSR count). The molecule has 144 valence electrons. The highest BCUT2D eigenvalue weighted by Gasteiger charge is 2.23. The van der Waals surface area contributed by atoms with Crippen molar-refractivity contribution in [1.82, 2.24) is 14.9 Å². The molecule has 0 bridgehead atoms. The second-order valence-corrected chi connectivity index (χ2v) is 6.83. The first-order valence-corrected chi connectivity index (χ1v) is 9.29. The van der Waals surface area contributed by atoms with Crippen LogP contribution in [0.3, 0.4) is 0 Å². The molecule has 0 fully saturated rings. The van der Waals surface area contributed by atoms with Crippen LogP contribution in [-0.2, 0) is 6.42 Å². The third-order valence-corrected chi connectivity index (χ3v) is 4.88. The first-order valence-electron chi connectivity index (χ1n) is 9.29. The third kappa shape index (κ3) is 4.19. The highest BCUT2D eigenvalue weighted by Crippen LogP contribution is 2.24. The summed E-state index contributed by atoms with van der Waals surface area (Å²) in [5.41, 5.74) is 3.14. The summed E-state index contributed by atoms with van der Waals surface area (Å²) < 4.78 is 5.44. The average molecular weight is 375 g/mol. The maximum atomic E-state index is 13.3. The lowest BCUT2D eigenvalue weighted by atomic mass is 10.0. The standard InChI is InChI=1S/C23H25N3O2/c1-16(14-19-12-8-9-13-21(19)28-4)26(3)23(27)20-15-24-17(2)25-22(20)18-10-6-5-7-11-18/h5-13,15-16H,14H2,1-4H3. The molecule has 3 aromatic rings. The van der Waals surface area contributed by atoms with Gasteiger partial charge in [0.1, 0.15) is 11.6 Å². The van der Waals surface area contributed by atoms with E-state index < -0.39 is 0 Å². The molecule has 1 aromatic heterocycles. The summed E-state index contributed by atoms with van der Waals surface area (Å²) in [7, 11) is 3.48. The lowest BCUT2D eigenvalue weighted by molar-refractivity contribution is 0.0743. The lowest BCUT2D eigenvalue weighted by Crippen LogP contribution is -2.37. The van der Waals surface area contributed by atoms with Gasteiger partial charge >= 0.3 is 0 Å². The minimum Gasteiger partial charge on any atom is -0.496 e. The topological polar surface area (TPSA) is 55.3 Å². The van der Waals surface area contributed by atoms with Crippen LogP contribution < -0.4 is 4.74 Å². The fourth-order valence-corrected chi connectivity index (χ4v) is 3.16. The molecule has 28 heavy (non-hydrogen) atoms. The number of carbonyl (C=O) groups excluding carboxylic acids is 1. The van der Waals surface area contributed by atoms with Gasteiger partial charge in [0.2, 0.25) is 0 Å². The molecule has 0 saturated heterocycles. The summed E-state index contributed by atoms with van der Waals surface area (Å²) in [6.07, 6.45) is 2.32. The molecule has 0 radical (unpaired) electrons. The number of ether oxygens (including phenoxy) is 1. The van der Waals surface area contributed by atoms with Gasteiger partial charge in [0.25, 0.3) is 5.91 Å². The van der Waals surface area contributed by atoms with Crippen molar-refractivity contribution in [2.75, 3.05) is 14.2 Å². The molecule has 0 saturated carbocycles. The smallest absolute Gasteiger partial charge is 0.257 e. The van der Waals surface area contributed by atoms with Gasteiger partial charge in [-0.05, 0) is 31.9 Å². The van der Waals surface area contributed by atoms with Crippen LogP contribution in [0.1, 0.15) is 28.7 Å². The van der Waals surface area contributed by atoms with Gasteiger partial charge < -0.3 is 9.64 Å². The zero-order valence-corrected chi connectivity index (χ0v) is 16.7. The van der Waals surface area contributed by atoms with Crippen LogP contribution in [0, 0.1) is 6.92 Å². The summed E-state index contributed by atoms with van der Waals surface area (Å²) in [4.78, 5) is 23.8. The lowest BCUT2D eigenvalue weighted by Gasteiger charge is -2.26. The van der Waals surface area contributed by atoms with E-state index in [1.165, 1.54) is 0 Å². The van der Waals surface area contributed by atoms with E-state index in [9.17, 15) is 4.79 Å². The van der Waals surface area contributed by atoms with E-state index in [1.54, 1.807) is 18.2 Å². The molecule has 1 heterocycles. The second-order valence-electron chi connectivity index (χ2n) is 6.83. The molecule has 1 amide bonds. The Morgan fingerprint density at radius 3 is 2.50 bits per heavy atom. The molecule has 0 N–H and O–H groups in total. The molecule has 5 heteroatoms. The quantitative estimate of drug-likeness (QED) is 0.649. The van der Waals surface area contributed by atoms with Crippen LogP contribution in [0.2, 0.25) is 0 Å². The molecular weight excluding hydrogens is 350 g/mol. The maximum absolute atomic E-state index is 13.3. The Balaban J connectivity index is 1.87. The Hall–Kier alpha value is -3.21. The van der Waals surface area contributed by atoms with E-state index in [4.69, 9.17) is 4.74 Å². The summed E-state index contributed by atoms with van der Waals surface area (Å²) in [6.45, 7) is 3.86. The van der Waals surface area contributed by atoms with Gasteiger partial charge in [-0.2, -0.15) is 0 Å². The average Bonchev–Trinajstić information content (AvgIpc) is 2.73. The van der Waals surface area contributed by atoms with E-state index in [0.29, 0.717) is 23.5 Å². The minimum absolute atomic E-state index is 0.0197. The largest absolute Gasteiger partial charge is 0.496 e. The van der Waals surface area contributed by atoms with E-state index in [2.05, 4.69) is 9.97 Å². The van der Waals surface area contributed by atoms with E-state index in [0.717, 1.165) is 16.9 Å². The monoisotopic (exact) mass is 375 g/mol. The number of para-hydroxylation sites is 1. The summed E-state index contributed by atoms with van der Waals surface area (Å²) in [5, 5.41) is 0. The Bertz CT molecular complexity index is 957. The summed E-state index contributed by atoms with van der Waals surface area (Å²) >= 11 is 0. The van der Waals surface area contributed by atoms with Crippen molar-refractivity contribution in [2.45, 2.75) is 26.3 Å². The second kappa shape index (κ2) is 8.65. The molecule has 2 aromatic carbocycles. The molecule has 0 spiro atoms. The van der Waals surface area contributed by atoms with Crippen LogP contribution >= 0.6 is 0 Å². The number of hydrogen-bond acceptors (Lipinski definition) is 4. The zero-order chi connectivity index (χ0) is 20.1. The van der Waals surface area contributed by atoms with Crippen molar-refractivity contribution in [1.29, 1.82) is 0 Å². The Morgan fingerprint density at radius 1 is 1.11 bits per heavy atom. The Kier molecular flexibility index (Phi) is 6.04.